The van der Waals surface area contributed by atoms with Crippen molar-refractivity contribution < 1.29 is 13.2 Å². The standard InChI is InChI=1S/C16H17BrN2O3S/c1-22-15-5-4-13(17)11-16(15)23(20,21)19-10-2-3-14(19)12-6-8-18-9-7-12/h4-9,11,14H,2-3,10H2,1H3. The number of methoxy groups -OCH3 is 1. The first kappa shape index (κ1) is 16.4. The third-order valence-electron chi connectivity index (χ3n) is 4.01. The van der Waals surface area contributed by atoms with Crippen LogP contribution in [0, 0.1) is 0 Å². The predicted molar refractivity (Wildman–Crippen MR) is 90.8 cm³/mol. The van der Waals surface area contributed by atoms with Gasteiger partial charge in [-0.25, -0.2) is 8.42 Å². The van der Waals surface area contributed by atoms with E-state index in [0.717, 1.165) is 18.4 Å². The number of sulfonamides is 1. The molecule has 1 unspecified atom stereocenters. The van der Waals surface area contributed by atoms with E-state index in [4.69, 9.17) is 4.74 Å². The summed E-state index contributed by atoms with van der Waals surface area (Å²) in [5, 5.41) is 0. The van der Waals surface area contributed by atoms with Crippen LogP contribution < -0.4 is 4.74 Å². The number of halogens is 1. The molecule has 0 spiro atoms. The molecule has 23 heavy (non-hydrogen) atoms. The minimum absolute atomic E-state index is 0.160. The Morgan fingerprint density at radius 1 is 1.26 bits per heavy atom. The molecule has 2 heterocycles. The second-order valence-corrected chi connectivity index (χ2v) is 8.12. The van der Waals surface area contributed by atoms with Crippen LogP contribution >= 0.6 is 15.9 Å². The summed E-state index contributed by atoms with van der Waals surface area (Å²) in [5.41, 5.74) is 0.968. The lowest BCUT2D eigenvalue weighted by Crippen LogP contribution is -2.31. The van der Waals surface area contributed by atoms with E-state index >= 15 is 0 Å². The molecule has 0 radical (unpaired) electrons. The van der Waals surface area contributed by atoms with Crippen molar-refractivity contribution in [2.75, 3.05) is 13.7 Å². The van der Waals surface area contributed by atoms with Gasteiger partial charge in [-0.2, -0.15) is 4.31 Å². The summed E-state index contributed by atoms with van der Waals surface area (Å²) in [5.74, 6) is 0.355. The Labute approximate surface area is 144 Å². The van der Waals surface area contributed by atoms with Crippen molar-refractivity contribution in [2.24, 2.45) is 0 Å². The van der Waals surface area contributed by atoms with Gasteiger partial charge >= 0.3 is 0 Å². The topological polar surface area (TPSA) is 59.5 Å². The molecule has 0 aliphatic carbocycles. The highest BCUT2D eigenvalue weighted by Crippen LogP contribution is 2.39. The van der Waals surface area contributed by atoms with Crippen molar-refractivity contribution in [1.82, 2.24) is 9.29 Å². The molecule has 2 aromatic rings. The molecule has 0 bridgehead atoms. The molecule has 1 aliphatic rings. The molecule has 3 rings (SSSR count). The molecular formula is C16H17BrN2O3S. The van der Waals surface area contributed by atoms with Crippen LogP contribution in [0.2, 0.25) is 0 Å². The Bertz CT molecular complexity index is 796. The van der Waals surface area contributed by atoms with Crippen LogP contribution in [0.3, 0.4) is 0 Å². The molecular weight excluding hydrogens is 380 g/mol. The van der Waals surface area contributed by atoms with Gasteiger partial charge in [-0.15, -0.1) is 0 Å². The van der Waals surface area contributed by atoms with Crippen LogP contribution in [0.5, 0.6) is 5.75 Å². The van der Waals surface area contributed by atoms with E-state index in [9.17, 15) is 8.42 Å². The van der Waals surface area contributed by atoms with Crippen molar-refractivity contribution in [2.45, 2.75) is 23.8 Å². The summed E-state index contributed by atoms with van der Waals surface area (Å²) in [6, 6.07) is 8.60. The highest BCUT2D eigenvalue weighted by Gasteiger charge is 2.37. The molecule has 122 valence electrons. The maximum absolute atomic E-state index is 13.2. The second-order valence-electron chi connectivity index (χ2n) is 5.35. The monoisotopic (exact) mass is 396 g/mol. The number of hydrogen-bond acceptors (Lipinski definition) is 4. The Morgan fingerprint density at radius 2 is 2.00 bits per heavy atom. The van der Waals surface area contributed by atoms with E-state index in [-0.39, 0.29) is 10.9 Å². The van der Waals surface area contributed by atoms with Gasteiger partial charge < -0.3 is 4.74 Å². The zero-order chi connectivity index (χ0) is 16.4. The minimum Gasteiger partial charge on any atom is -0.495 e. The number of hydrogen-bond donors (Lipinski definition) is 0. The van der Waals surface area contributed by atoms with E-state index in [1.54, 1.807) is 34.9 Å². The molecule has 7 heteroatoms. The summed E-state index contributed by atoms with van der Waals surface area (Å²) >= 11 is 3.34. The third-order valence-corrected chi connectivity index (χ3v) is 6.43. The molecule has 1 fully saturated rings. The zero-order valence-corrected chi connectivity index (χ0v) is 15.0. The average molecular weight is 397 g/mol. The van der Waals surface area contributed by atoms with E-state index in [0.29, 0.717) is 16.8 Å². The van der Waals surface area contributed by atoms with Crippen molar-refractivity contribution in [3.05, 3.63) is 52.8 Å². The molecule has 1 aliphatic heterocycles. The summed E-state index contributed by atoms with van der Waals surface area (Å²) in [4.78, 5) is 4.20. The number of aromatic nitrogens is 1. The summed E-state index contributed by atoms with van der Waals surface area (Å²) < 4.78 is 33.8. The first-order valence-electron chi connectivity index (χ1n) is 7.29. The van der Waals surface area contributed by atoms with Gasteiger partial charge in [0.05, 0.1) is 13.2 Å². The van der Waals surface area contributed by atoms with E-state index < -0.39 is 10.0 Å². The fraction of sp³-hybridized carbons (Fsp3) is 0.312. The summed E-state index contributed by atoms with van der Waals surface area (Å²) in [6.45, 7) is 0.505. The fourth-order valence-corrected chi connectivity index (χ4v) is 5.30. The van der Waals surface area contributed by atoms with Crippen LogP contribution in [0.1, 0.15) is 24.4 Å². The average Bonchev–Trinajstić information content (AvgIpc) is 3.06. The van der Waals surface area contributed by atoms with Crippen LogP contribution in [-0.2, 0) is 10.0 Å². The lowest BCUT2D eigenvalue weighted by atomic mass is 10.1. The van der Waals surface area contributed by atoms with Crippen molar-refractivity contribution in [3.63, 3.8) is 0 Å². The van der Waals surface area contributed by atoms with Crippen LogP contribution in [0.15, 0.2) is 52.1 Å². The predicted octanol–water partition coefficient (Wildman–Crippen LogP) is 3.38. The van der Waals surface area contributed by atoms with Gasteiger partial charge in [0.2, 0.25) is 10.0 Å². The molecule has 0 amide bonds. The molecule has 1 aromatic heterocycles. The first-order chi connectivity index (χ1) is 11.0. The summed E-state index contributed by atoms with van der Waals surface area (Å²) in [6.07, 6.45) is 5.03. The van der Waals surface area contributed by atoms with Crippen LogP contribution in [0.4, 0.5) is 0 Å². The maximum Gasteiger partial charge on any atom is 0.247 e. The highest BCUT2D eigenvalue weighted by atomic mass is 79.9. The minimum atomic E-state index is -3.64. The lowest BCUT2D eigenvalue weighted by molar-refractivity contribution is 0.380. The molecule has 1 atom stereocenters. The van der Waals surface area contributed by atoms with Crippen molar-refractivity contribution in [3.8, 4) is 5.75 Å². The molecule has 0 N–H and O–H groups in total. The normalized spacial score (nSPS) is 19.0. The van der Waals surface area contributed by atoms with Crippen LogP contribution in [0.25, 0.3) is 0 Å². The van der Waals surface area contributed by atoms with Gasteiger partial charge in [0.15, 0.2) is 0 Å². The van der Waals surface area contributed by atoms with Gasteiger partial charge in [0.25, 0.3) is 0 Å². The number of ether oxygens (including phenoxy) is 1. The number of benzene rings is 1. The van der Waals surface area contributed by atoms with Crippen molar-refractivity contribution >= 4 is 26.0 Å². The Morgan fingerprint density at radius 3 is 2.70 bits per heavy atom. The Hall–Kier alpha value is -1.44. The SMILES string of the molecule is COc1ccc(Br)cc1S(=O)(=O)N1CCCC1c1ccncc1. The summed E-state index contributed by atoms with van der Waals surface area (Å²) in [7, 11) is -2.16. The number of pyridine rings is 1. The number of rotatable bonds is 4. The van der Waals surface area contributed by atoms with E-state index in [1.165, 1.54) is 7.11 Å². The third kappa shape index (κ3) is 3.13. The molecule has 5 nitrogen and oxygen atoms in total. The van der Waals surface area contributed by atoms with Gasteiger partial charge in [0.1, 0.15) is 10.6 Å². The fourth-order valence-electron chi connectivity index (χ4n) is 2.92. The maximum atomic E-state index is 13.2. The second kappa shape index (κ2) is 6.59. The van der Waals surface area contributed by atoms with Crippen molar-refractivity contribution in [1.29, 1.82) is 0 Å². The smallest absolute Gasteiger partial charge is 0.247 e. The Kier molecular flexibility index (Phi) is 4.70. The lowest BCUT2D eigenvalue weighted by Gasteiger charge is -2.25. The molecule has 1 aromatic carbocycles. The Balaban J connectivity index is 2.04. The number of nitrogens with zero attached hydrogens (tertiary/aromatic N) is 2. The first-order valence-corrected chi connectivity index (χ1v) is 9.52. The van der Waals surface area contributed by atoms with Gasteiger partial charge in [-0.3, -0.25) is 4.98 Å². The largest absolute Gasteiger partial charge is 0.495 e. The van der Waals surface area contributed by atoms with Gasteiger partial charge in [-0.05, 0) is 48.7 Å². The van der Waals surface area contributed by atoms with Crippen LogP contribution in [-0.4, -0.2) is 31.4 Å². The van der Waals surface area contributed by atoms with Gasteiger partial charge in [-0.1, -0.05) is 15.9 Å². The highest BCUT2D eigenvalue weighted by molar-refractivity contribution is 9.10. The molecule has 0 saturated carbocycles. The van der Waals surface area contributed by atoms with E-state index in [2.05, 4.69) is 20.9 Å². The van der Waals surface area contributed by atoms with Gasteiger partial charge in [0, 0.05) is 23.4 Å². The molecule has 1 saturated heterocycles. The van der Waals surface area contributed by atoms with E-state index in [1.807, 2.05) is 12.1 Å². The quantitative estimate of drug-likeness (QED) is 0.794. The zero-order valence-electron chi connectivity index (χ0n) is 12.6.